The van der Waals surface area contributed by atoms with Crippen molar-refractivity contribution < 1.29 is 31.5 Å². The van der Waals surface area contributed by atoms with Crippen molar-refractivity contribution in [2.75, 3.05) is 0 Å². The molecule has 0 aliphatic carbocycles. The van der Waals surface area contributed by atoms with Crippen LogP contribution < -0.4 is 5.73 Å². The van der Waals surface area contributed by atoms with Gasteiger partial charge in [0.05, 0.1) is 11.3 Å². The first-order valence-corrected chi connectivity index (χ1v) is 7.52. The van der Waals surface area contributed by atoms with Crippen molar-refractivity contribution in [3.63, 3.8) is 0 Å². The van der Waals surface area contributed by atoms with Crippen molar-refractivity contribution in [1.29, 1.82) is 0 Å². The lowest BCUT2D eigenvalue weighted by Gasteiger charge is -2.13. The Morgan fingerprint density at radius 1 is 1.15 bits per heavy atom. The quantitative estimate of drug-likeness (QED) is 0.361. The average Bonchev–Trinajstić information content (AvgIpc) is 2.98. The first kappa shape index (κ1) is 18.7. The molecular weight excluding hydrogens is 376 g/mol. The van der Waals surface area contributed by atoms with Gasteiger partial charge >= 0.3 is 6.18 Å². The molecule has 0 saturated carbocycles. The van der Waals surface area contributed by atoms with E-state index in [1.165, 1.54) is 0 Å². The molecule has 0 amide bonds. The van der Waals surface area contributed by atoms with Crippen LogP contribution in [0.3, 0.4) is 0 Å². The van der Waals surface area contributed by atoms with Gasteiger partial charge in [-0.15, -0.1) is 0 Å². The highest BCUT2D eigenvalue weighted by molar-refractivity contribution is 6.06. The van der Waals surface area contributed by atoms with E-state index in [1.807, 2.05) is 0 Å². The minimum absolute atomic E-state index is 0.00850. The number of rotatable bonds is 3. The maximum atomic E-state index is 13.9. The Kier molecular flexibility index (Phi) is 4.58. The highest BCUT2D eigenvalue weighted by Crippen LogP contribution is 2.35. The predicted molar refractivity (Wildman–Crippen MR) is 84.8 cm³/mol. The van der Waals surface area contributed by atoms with Crippen LogP contribution in [0.15, 0.2) is 34.4 Å². The second kappa shape index (κ2) is 6.60. The number of nitrogens with zero attached hydrogens (tertiary/aromatic N) is 2. The highest BCUT2D eigenvalue weighted by atomic mass is 19.4. The number of alkyl halides is 3. The number of amidine groups is 1. The molecular formula is C17H11F6N3O. The zero-order valence-electron chi connectivity index (χ0n) is 13.4. The number of hydrogen-bond donors (Lipinski definition) is 2. The second-order valence-electron chi connectivity index (χ2n) is 5.86. The molecule has 0 atom stereocenters. The van der Waals surface area contributed by atoms with Gasteiger partial charge in [-0.3, -0.25) is 0 Å². The molecule has 4 nitrogen and oxygen atoms in total. The predicted octanol–water partition coefficient (Wildman–Crippen LogP) is 4.09. The maximum absolute atomic E-state index is 13.9. The summed E-state index contributed by atoms with van der Waals surface area (Å²) in [7, 11) is 0. The lowest BCUT2D eigenvalue weighted by atomic mass is 9.94. The zero-order valence-corrected chi connectivity index (χ0v) is 13.4. The van der Waals surface area contributed by atoms with Gasteiger partial charge in [0, 0.05) is 18.4 Å². The summed E-state index contributed by atoms with van der Waals surface area (Å²) in [5, 5.41) is 12.3. The number of fused-ring (bicyclic) bond motifs is 1. The molecule has 10 heteroatoms. The molecule has 1 aliphatic rings. The van der Waals surface area contributed by atoms with Gasteiger partial charge in [-0.1, -0.05) is 11.2 Å². The smallest absolute Gasteiger partial charge is 0.411 e. The molecule has 0 fully saturated rings. The van der Waals surface area contributed by atoms with Crippen LogP contribution in [0.1, 0.15) is 22.3 Å². The Labute approximate surface area is 148 Å². The largest absolute Gasteiger partial charge is 0.419 e. The second-order valence-corrected chi connectivity index (χ2v) is 5.86. The molecule has 1 heterocycles. The van der Waals surface area contributed by atoms with Gasteiger partial charge in [0.25, 0.3) is 0 Å². The Morgan fingerprint density at radius 2 is 1.85 bits per heavy atom. The normalized spacial score (nSPS) is 14.3. The Balaban J connectivity index is 2.03. The first-order valence-electron chi connectivity index (χ1n) is 7.52. The Morgan fingerprint density at radius 3 is 2.48 bits per heavy atom. The lowest BCUT2D eigenvalue weighted by molar-refractivity contribution is -0.140. The molecule has 3 rings (SSSR count). The molecule has 0 bridgehead atoms. The number of oxime groups is 1. The van der Waals surface area contributed by atoms with Crippen LogP contribution in [0.25, 0.3) is 0 Å². The van der Waals surface area contributed by atoms with Crippen molar-refractivity contribution in [3.05, 3.63) is 64.0 Å². The lowest BCUT2D eigenvalue weighted by Crippen LogP contribution is -2.15. The van der Waals surface area contributed by atoms with Crippen molar-refractivity contribution >= 4 is 17.2 Å². The molecule has 2 aromatic carbocycles. The molecule has 142 valence electrons. The maximum Gasteiger partial charge on any atom is 0.419 e. The fraction of sp³-hybridized carbons (Fsp3) is 0.176. The van der Waals surface area contributed by atoms with Crippen molar-refractivity contribution in [2.24, 2.45) is 15.9 Å². The molecule has 0 radical (unpaired) electrons. The SMILES string of the molecule is NC1=Nc2c(F)c(F)cc(/C(Cc3ccc(F)c(C(F)(F)F)c3)=N/O)c2C1. The Hall–Kier alpha value is -3.04. The van der Waals surface area contributed by atoms with E-state index in [2.05, 4.69) is 10.1 Å². The summed E-state index contributed by atoms with van der Waals surface area (Å²) in [5.74, 6) is -3.95. The van der Waals surface area contributed by atoms with Gasteiger partial charge in [0.2, 0.25) is 0 Å². The molecule has 0 unspecified atom stereocenters. The van der Waals surface area contributed by atoms with Crippen LogP contribution >= 0.6 is 0 Å². The summed E-state index contributed by atoms with van der Waals surface area (Å²) >= 11 is 0. The molecule has 27 heavy (non-hydrogen) atoms. The number of aliphatic imine (C=N–C) groups is 1. The van der Waals surface area contributed by atoms with E-state index in [4.69, 9.17) is 5.73 Å². The van der Waals surface area contributed by atoms with Gasteiger partial charge in [0.1, 0.15) is 17.3 Å². The zero-order chi connectivity index (χ0) is 19.9. The van der Waals surface area contributed by atoms with E-state index in [0.29, 0.717) is 12.1 Å². The van der Waals surface area contributed by atoms with E-state index < -0.39 is 35.6 Å². The van der Waals surface area contributed by atoms with E-state index in [1.54, 1.807) is 0 Å². The Bertz CT molecular complexity index is 982. The van der Waals surface area contributed by atoms with Crippen molar-refractivity contribution in [3.8, 4) is 0 Å². The van der Waals surface area contributed by atoms with Crippen LogP contribution in [0, 0.1) is 17.5 Å². The van der Waals surface area contributed by atoms with E-state index in [9.17, 15) is 31.5 Å². The van der Waals surface area contributed by atoms with Crippen LogP contribution in [0.4, 0.5) is 32.0 Å². The minimum Gasteiger partial charge on any atom is -0.411 e. The van der Waals surface area contributed by atoms with E-state index in [0.717, 1.165) is 12.1 Å². The number of hydrogen-bond acceptors (Lipinski definition) is 4. The molecule has 1 aliphatic heterocycles. The standard InChI is InChI=1S/C17H11F6N3O/c18-11-2-1-7(3-10(11)17(21,22)23)4-13(26-27)8-5-12(19)15(20)16-9(8)6-14(24)25-16/h1-3,5,27H,4,6H2,(H2,24,25)/b26-13+. The van der Waals surface area contributed by atoms with Crippen LogP contribution in [-0.2, 0) is 19.0 Å². The summed E-state index contributed by atoms with van der Waals surface area (Å²) < 4.78 is 79.7. The van der Waals surface area contributed by atoms with E-state index in [-0.39, 0.29) is 40.3 Å². The van der Waals surface area contributed by atoms with Gasteiger partial charge in [0.15, 0.2) is 11.6 Å². The number of halogens is 6. The molecule has 0 aromatic heterocycles. The first-order chi connectivity index (χ1) is 12.6. The fourth-order valence-electron chi connectivity index (χ4n) is 2.85. The molecule has 3 N–H and O–H groups in total. The van der Waals surface area contributed by atoms with Crippen LogP contribution in [0.2, 0.25) is 0 Å². The summed E-state index contributed by atoms with van der Waals surface area (Å²) in [6.07, 6.45) is -5.35. The van der Waals surface area contributed by atoms with Gasteiger partial charge in [-0.05, 0) is 29.3 Å². The number of benzene rings is 2. The summed E-state index contributed by atoms with van der Waals surface area (Å²) in [4.78, 5) is 3.70. The monoisotopic (exact) mass is 387 g/mol. The van der Waals surface area contributed by atoms with Crippen molar-refractivity contribution in [2.45, 2.75) is 19.0 Å². The summed E-state index contributed by atoms with van der Waals surface area (Å²) in [6, 6.07) is 3.02. The number of nitrogens with two attached hydrogens (primary N) is 1. The van der Waals surface area contributed by atoms with Gasteiger partial charge in [-0.25, -0.2) is 18.2 Å². The third-order valence-electron chi connectivity index (χ3n) is 4.05. The minimum atomic E-state index is -4.91. The van der Waals surface area contributed by atoms with Crippen molar-refractivity contribution in [1.82, 2.24) is 0 Å². The van der Waals surface area contributed by atoms with Gasteiger partial charge < -0.3 is 10.9 Å². The fourth-order valence-corrected chi connectivity index (χ4v) is 2.85. The third kappa shape index (κ3) is 3.46. The van der Waals surface area contributed by atoms with Crippen LogP contribution in [-0.4, -0.2) is 16.8 Å². The topological polar surface area (TPSA) is 71.0 Å². The summed E-state index contributed by atoms with van der Waals surface area (Å²) in [5.41, 5.74) is 3.53. The average molecular weight is 387 g/mol. The molecule has 0 spiro atoms. The molecule has 0 saturated heterocycles. The highest BCUT2D eigenvalue weighted by Gasteiger charge is 2.34. The van der Waals surface area contributed by atoms with Crippen LogP contribution in [0.5, 0.6) is 0 Å². The summed E-state index contributed by atoms with van der Waals surface area (Å²) in [6.45, 7) is 0. The molecule has 2 aromatic rings. The van der Waals surface area contributed by atoms with Gasteiger partial charge in [-0.2, -0.15) is 13.2 Å². The van der Waals surface area contributed by atoms with E-state index >= 15 is 0 Å². The third-order valence-corrected chi connectivity index (χ3v) is 4.05.